The SMILES string of the molecule is CC(=O)N(C)N(C)C(=O)O[C@@H](Cc1ccccc1)C(=O)O. The number of hydrogen-bond donors (Lipinski definition) is 1. The first-order valence-corrected chi connectivity index (χ1v) is 6.28. The van der Waals surface area contributed by atoms with Crippen molar-refractivity contribution in [2.75, 3.05) is 14.1 Å². The summed E-state index contributed by atoms with van der Waals surface area (Å²) in [6, 6.07) is 8.84. The van der Waals surface area contributed by atoms with Gasteiger partial charge in [0.25, 0.3) is 0 Å². The molecule has 0 aliphatic carbocycles. The first-order valence-electron chi connectivity index (χ1n) is 6.28. The van der Waals surface area contributed by atoms with E-state index in [9.17, 15) is 14.4 Å². The number of amides is 2. The van der Waals surface area contributed by atoms with Crippen LogP contribution >= 0.6 is 0 Å². The molecule has 0 saturated carbocycles. The maximum absolute atomic E-state index is 11.8. The second-order valence-electron chi connectivity index (χ2n) is 4.47. The molecule has 7 nitrogen and oxygen atoms in total. The fourth-order valence-corrected chi connectivity index (χ4v) is 1.54. The molecule has 0 saturated heterocycles. The number of hydrogen-bond acceptors (Lipinski definition) is 4. The highest BCUT2D eigenvalue weighted by Gasteiger charge is 2.26. The van der Waals surface area contributed by atoms with E-state index in [1.807, 2.05) is 0 Å². The quantitative estimate of drug-likeness (QED) is 0.842. The predicted octanol–water partition coefficient (Wildman–Crippen LogP) is 1.14. The Morgan fingerprint density at radius 1 is 1.14 bits per heavy atom. The lowest BCUT2D eigenvalue weighted by Crippen LogP contribution is -2.46. The van der Waals surface area contributed by atoms with E-state index in [1.54, 1.807) is 30.3 Å². The summed E-state index contributed by atoms with van der Waals surface area (Å²) >= 11 is 0. The van der Waals surface area contributed by atoms with Gasteiger partial charge < -0.3 is 9.84 Å². The molecule has 7 heteroatoms. The number of hydrazine groups is 1. The van der Waals surface area contributed by atoms with Crippen LogP contribution in [0, 0.1) is 0 Å². The standard InChI is InChI=1S/C14H18N2O5/c1-10(17)15(2)16(3)14(20)21-12(13(18)19)9-11-7-5-4-6-8-11/h4-8,12H,9H2,1-3H3,(H,18,19)/t12-/m0/s1. The third-order valence-corrected chi connectivity index (χ3v) is 2.95. The van der Waals surface area contributed by atoms with E-state index in [2.05, 4.69) is 0 Å². The zero-order chi connectivity index (χ0) is 16.0. The van der Waals surface area contributed by atoms with Crippen LogP contribution in [-0.4, -0.2) is 53.3 Å². The Morgan fingerprint density at radius 3 is 2.19 bits per heavy atom. The van der Waals surface area contributed by atoms with Gasteiger partial charge in [0, 0.05) is 27.4 Å². The molecule has 0 aliphatic rings. The molecule has 0 bridgehead atoms. The van der Waals surface area contributed by atoms with Gasteiger partial charge in [0.1, 0.15) is 0 Å². The molecule has 21 heavy (non-hydrogen) atoms. The topological polar surface area (TPSA) is 87.2 Å². The Labute approximate surface area is 122 Å². The maximum atomic E-state index is 11.8. The van der Waals surface area contributed by atoms with E-state index < -0.39 is 18.2 Å². The number of benzene rings is 1. The molecule has 0 unspecified atom stereocenters. The van der Waals surface area contributed by atoms with E-state index in [0.717, 1.165) is 15.6 Å². The molecule has 2 amide bonds. The fourth-order valence-electron chi connectivity index (χ4n) is 1.54. The summed E-state index contributed by atoms with van der Waals surface area (Å²) in [6.45, 7) is 1.28. The van der Waals surface area contributed by atoms with Crippen LogP contribution in [0.25, 0.3) is 0 Å². The Balaban J connectivity index is 2.73. The smallest absolute Gasteiger partial charge is 0.429 e. The lowest BCUT2D eigenvalue weighted by atomic mass is 10.1. The van der Waals surface area contributed by atoms with Crippen molar-refractivity contribution in [3.63, 3.8) is 0 Å². The maximum Gasteiger partial charge on any atom is 0.429 e. The van der Waals surface area contributed by atoms with Gasteiger partial charge in [0.05, 0.1) is 0 Å². The molecular weight excluding hydrogens is 276 g/mol. The van der Waals surface area contributed by atoms with E-state index in [0.29, 0.717) is 0 Å². The average Bonchev–Trinajstić information content (AvgIpc) is 2.45. The van der Waals surface area contributed by atoms with E-state index in [1.165, 1.54) is 21.0 Å². The summed E-state index contributed by atoms with van der Waals surface area (Å²) in [7, 11) is 2.71. The van der Waals surface area contributed by atoms with Gasteiger partial charge in [-0.05, 0) is 5.56 Å². The molecule has 0 aromatic heterocycles. The van der Waals surface area contributed by atoms with Crippen LogP contribution in [0.2, 0.25) is 0 Å². The highest BCUT2D eigenvalue weighted by molar-refractivity contribution is 5.80. The van der Waals surface area contributed by atoms with Crippen LogP contribution in [-0.2, 0) is 20.7 Å². The monoisotopic (exact) mass is 294 g/mol. The number of carbonyl (C=O) groups is 3. The fraction of sp³-hybridized carbons (Fsp3) is 0.357. The van der Waals surface area contributed by atoms with Crippen LogP contribution < -0.4 is 0 Å². The molecule has 0 fully saturated rings. The summed E-state index contributed by atoms with van der Waals surface area (Å²) in [6.07, 6.45) is -2.17. The van der Waals surface area contributed by atoms with Gasteiger partial charge >= 0.3 is 12.1 Å². The number of carboxylic acids is 1. The summed E-state index contributed by atoms with van der Waals surface area (Å²) in [5.41, 5.74) is 0.736. The van der Waals surface area contributed by atoms with Crippen molar-refractivity contribution in [3.05, 3.63) is 35.9 Å². The van der Waals surface area contributed by atoms with Crippen molar-refractivity contribution in [1.82, 2.24) is 10.0 Å². The lowest BCUT2D eigenvalue weighted by molar-refractivity contribution is -0.149. The number of carboxylic acid groups (broad SMARTS) is 1. The molecule has 114 valence electrons. The van der Waals surface area contributed by atoms with Gasteiger partial charge in [-0.25, -0.2) is 14.6 Å². The number of carbonyl (C=O) groups excluding carboxylic acids is 2. The molecule has 1 aromatic carbocycles. The minimum absolute atomic E-state index is 0.0551. The van der Waals surface area contributed by atoms with Gasteiger partial charge in [0.2, 0.25) is 12.0 Å². The lowest BCUT2D eigenvalue weighted by Gasteiger charge is -2.27. The Bertz CT molecular complexity index is 517. The molecule has 1 rings (SSSR count). The summed E-state index contributed by atoms with van der Waals surface area (Å²) < 4.78 is 4.94. The Hall–Kier alpha value is -2.57. The van der Waals surface area contributed by atoms with Gasteiger partial charge in [-0.15, -0.1) is 0 Å². The van der Waals surface area contributed by atoms with Crippen molar-refractivity contribution in [2.45, 2.75) is 19.4 Å². The first kappa shape index (κ1) is 16.5. The number of aliphatic carboxylic acids is 1. The average molecular weight is 294 g/mol. The highest BCUT2D eigenvalue weighted by Crippen LogP contribution is 2.08. The van der Waals surface area contributed by atoms with Crippen molar-refractivity contribution >= 4 is 18.0 Å². The number of ether oxygens (including phenoxy) is 1. The molecule has 1 aromatic rings. The number of rotatable bonds is 4. The highest BCUT2D eigenvalue weighted by atomic mass is 16.6. The molecule has 0 spiro atoms. The van der Waals surface area contributed by atoms with Crippen molar-refractivity contribution in [1.29, 1.82) is 0 Å². The van der Waals surface area contributed by atoms with Crippen LogP contribution in [0.1, 0.15) is 12.5 Å². The van der Waals surface area contributed by atoms with Gasteiger partial charge in [-0.1, -0.05) is 30.3 Å². The van der Waals surface area contributed by atoms with Gasteiger partial charge in [-0.3, -0.25) is 9.80 Å². The third kappa shape index (κ3) is 4.79. The molecule has 0 radical (unpaired) electrons. The molecule has 1 atom stereocenters. The minimum atomic E-state index is -1.32. The molecular formula is C14H18N2O5. The van der Waals surface area contributed by atoms with Crippen molar-refractivity contribution in [2.24, 2.45) is 0 Å². The zero-order valence-electron chi connectivity index (χ0n) is 12.1. The normalized spacial score (nSPS) is 11.4. The molecule has 1 N–H and O–H groups in total. The summed E-state index contributed by atoms with van der Waals surface area (Å²) in [4.78, 5) is 34.2. The zero-order valence-corrected chi connectivity index (χ0v) is 12.1. The van der Waals surface area contributed by atoms with Crippen molar-refractivity contribution < 1.29 is 24.2 Å². The first-order chi connectivity index (χ1) is 9.82. The molecule has 0 aliphatic heterocycles. The predicted molar refractivity (Wildman–Crippen MR) is 74.3 cm³/mol. The van der Waals surface area contributed by atoms with Crippen LogP contribution in [0.4, 0.5) is 4.79 Å². The van der Waals surface area contributed by atoms with Gasteiger partial charge in [-0.2, -0.15) is 0 Å². The summed E-state index contributed by atoms with van der Waals surface area (Å²) in [5, 5.41) is 11.1. The minimum Gasteiger partial charge on any atom is -0.478 e. The largest absolute Gasteiger partial charge is 0.478 e. The summed E-state index contributed by atoms with van der Waals surface area (Å²) in [5.74, 6) is -1.62. The second kappa shape index (κ2) is 7.28. The van der Waals surface area contributed by atoms with E-state index in [4.69, 9.17) is 9.84 Å². The van der Waals surface area contributed by atoms with Crippen molar-refractivity contribution in [3.8, 4) is 0 Å². The second-order valence-corrected chi connectivity index (χ2v) is 4.47. The van der Waals surface area contributed by atoms with Crippen LogP contribution in [0.3, 0.4) is 0 Å². The van der Waals surface area contributed by atoms with Crippen LogP contribution in [0.15, 0.2) is 30.3 Å². The van der Waals surface area contributed by atoms with E-state index in [-0.39, 0.29) is 12.3 Å². The van der Waals surface area contributed by atoms with E-state index >= 15 is 0 Å². The Kier molecular flexibility index (Phi) is 5.71. The van der Waals surface area contributed by atoms with Crippen LogP contribution in [0.5, 0.6) is 0 Å². The molecule has 0 heterocycles. The Morgan fingerprint density at radius 2 is 1.71 bits per heavy atom. The number of nitrogens with zero attached hydrogens (tertiary/aromatic N) is 2. The third-order valence-electron chi connectivity index (χ3n) is 2.95. The van der Waals surface area contributed by atoms with Gasteiger partial charge in [0.15, 0.2) is 0 Å².